The molecule has 1 saturated carbocycles. The van der Waals surface area contributed by atoms with E-state index in [1.165, 1.54) is 12.8 Å². The first-order chi connectivity index (χ1) is 7.61. The highest BCUT2D eigenvalue weighted by Gasteiger charge is 2.55. The molecule has 1 aliphatic heterocycles. The van der Waals surface area contributed by atoms with E-state index in [1.54, 1.807) is 0 Å². The Labute approximate surface area is 96.0 Å². The molecule has 0 aromatic rings. The molecule has 0 radical (unpaired) electrons. The Kier molecular flexibility index (Phi) is 3.19. The van der Waals surface area contributed by atoms with Crippen molar-refractivity contribution < 1.29 is 9.90 Å². The van der Waals surface area contributed by atoms with Crippen molar-refractivity contribution in [3.8, 4) is 0 Å². The molecule has 1 aliphatic carbocycles. The molecule has 1 saturated heterocycles. The van der Waals surface area contributed by atoms with Gasteiger partial charge in [0.05, 0.1) is 6.61 Å². The Morgan fingerprint density at radius 2 is 2.38 bits per heavy atom. The van der Waals surface area contributed by atoms with Crippen molar-refractivity contribution in [2.24, 2.45) is 11.1 Å². The normalized spacial score (nSPS) is 29.3. The monoisotopic (exact) mass is 227 g/mol. The van der Waals surface area contributed by atoms with Crippen molar-refractivity contribution in [3.05, 3.63) is 0 Å². The highest BCUT2D eigenvalue weighted by molar-refractivity contribution is 5.82. The number of likely N-dealkylation sites (N-methyl/N-ethyl adjacent to an activating group) is 1. The van der Waals surface area contributed by atoms with Crippen LogP contribution in [0.15, 0.2) is 0 Å². The van der Waals surface area contributed by atoms with E-state index >= 15 is 0 Å². The highest BCUT2D eigenvalue weighted by atomic mass is 16.3. The lowest BCUT2D eigenvalue weighted by atomic mass is 10.0. The summed E-state index contributed by atoms with van der Waals surface area (Å²) in [6.45, 7) is 4.88. The maximum atomic E-state index is 11.6. The van der Waals surface area contributed by atoms with E-state index in [2.05, 4.69) is 17.1 Å². The lowest BCUT2D eigenvalue weighted by Gasteiger charge is -2.20. The van der Waals surface area contributed by atoms with Crippen molar-refractivity contribution >= 4 is 5.91 Å². The predicted molar refractivity (Wildman–Crippen MR) is 60.8 cm³/mol. The standard InChI is InChI=1S/C11H21N3O2/c1-2-14-5-9(11(7-14)3-4-11)13-10(16)8(12)6-15/h8-9,15H,2-7,12H2,1H3,(H,13,16)/t8-,9-/m0/s1. The third-order valence-corrected chi connectivity index (χ3v) is 3.91. The van der Waals surface area contributed by atoms with Crippen LogP contribution in [0.25, 0.3) is 0 Å². The maximum absolute atomic E-state index is 11.6. The molecule has 2 aliphatic rings. The van der Waals surface area contributed by atoms with Gasteiger partial charge in [0, 0.05) is 24.5 Å². The van der Waals surface area contributed by atoms with Crippen LogP contribution < -0.4 is 11.1 Å². The first kappa shape index (κ1) is 11.8. The molecular formula is C11H21N3O2. The van der Waals surface area contributed by atoms with Crippen LogP contribution in [0, 0.1) is 5.41 Å². The first-order valence-corrected chi connectivity index (χ1v) is 6.00. The highest BCUT2D eigenvalue weighted by Crippen LogP contribution is 2.52. The Hall–Kier alpha value is -0.650. The van der Waals surface area contributed by atoms with E-state index in [0.717, 1.165) is 19.6 Å². The number of carbonyl (C=O) groups is 1. The summed E-state index contributed by atoms with van der Waals surface area (Å²) in [6, 6.07) is -0.566. The molecule has 0 bridgehead atoms. The number of amides is 1. The lowest BCUT2D eigenvalue weighted by Crippen LogP contribution is -2.50. The molecule has 2 atom stereocenters. The lowest BCUT2D eigenvalue weighted by molar-refractivity contribution is -0.124. The number of nitrogens with zero attached hydrogens (tertiary/aromatic N) is 1. The largest absolute Gasteiger partial charge is 0.394 e. The zero-order valence-corrected chi connectivity index (χ0v) is 9.78. The average Bonchev–Trinajstić information content (AvgIpc) is 2.97. The summed E-state index contributed by atoms with van der Waals surface area (Å²) in [4.78, 5) is 14.0. The molecule has 2 fully saturated rings. The molecule has 4 N–H and O–H groups in total. The van der Waals surface area contributed by atoms with Crippen molar-refractivity contribution in [1.82, 2.24) is 10.2 Å². The van der Waals surface area contributed by atoms with Crippen molar-refractivity contribution in [3.63, 3.8) is 0 Å². The predicted octanol–water partition coefficient (Wildman–Crippen LogP) is -1.09. The Morgan fingerprint density at radius 1 is 1.69 bits per heavy atom. The van der Waals surface area contributed by atoms with Crippen molar-refractivity contribution in [1.29, 1.82) is 0 Å². The van der Waals surface area contributed by atoms with E-state index in [0.29, 0.717) is 5.41 Å². The molecule has 1 heterocycles. The molecule has 2 rings (SSSR count). The molecule has 0 unspecified atom stereocenters. The number of aliphatic hydroxyl groups excluding tert-OH is 1. The third-order valence-electron chi connectivity index (χ3n) is 3.91. The molecule has 16 heavy (non-hydrogen) atoms. The van der Waals surface area contributed by atoms with Gasteiger partial charge in [-0.25, -0.2) is 0 Å². The van der Waals surface area contributed by atoms with Crippen LogP contribution in [-0.4, -0.2) is 54.2 Å². The van der Waals surface area contributed by atoms with Crippen LogP contribution in [0.3, 0.4) is 0 Å². The second-order valence-electron chi connectivity index (χ2n) is 5.04. The van der Waals surface area contributed by atoms with Crippen molar-refractivity contribution in [2.45, 2.75) is 31.8 Å². The number of nitrogens with two attached hydrogens (primary N) is 1. The van der Waals surface area contributed by atoms with Gasteiger partial charge >= 0.3 is 0 Å². The molecular weight excluding hydrogens is 206 g/mol. The number of rotatable bonds is 4. The third kappa shape index (κ3) is 2.07. The molecule has 0 aromatic carbocycles. The second kappa shape index (κ2) is 4.31. The summed E-state index contributed by atoms with van der Waals surface area (Å²) in [5, 5.41) is 11.8. The fraction of sp³-hybridized carbons (Fsp3) is 0.909. The van der Waals surface area contributed by atoms with Gasteiger partial charge in [-0.1, -0.05) is 6.92 Å². The Morgan fingerprint density at radius 3 is 2.88 bits per heavy atom. The topological polar surface area (TPSA) is 78.6 Å². The number of hydrogen-bond acceptors (Lipinski definition) is 4. The maximum Gasteiger partial charge on any atom is 0.239 e. The number of aliphatic hydroxyl groups is 1. The van der Waals surface area contributed by atoms with E-state index in [4.69, 9.17) is 10.8 Å². The summed E-state index contributed by atoms with van der Waals surface area (Å²) in [6.07, 6.45) is 2.39. The van der Waals surface area contributed by atoms with Crippen LogP contribution >= 0.6 is 0 Å². The minimum absolute atomic E-state index is 0.220. The minimum Gasteiger partial charge on any atom is -0.394 e. The van der Waals surface area contributed by atoms with Gasteiger partial charge in [-0.3, -0.25) is 4.79 Å². The quantitative estimate of drug-likeness (QED) is 0.570. The van der Waals surface area contributed by atoms with E-state index in [9.17, 15) is 4.79 Å². The molecule has 5 nitrogen and oxygen atoms in total. The summed E-state index contributed by atoms with van der Waals surface area (Å²) in [5.74, 6) is -0.225. The minimum atomic E-state index is -0.786. The smallest absolute Gasteiger partial charge is 0.239 e. The van der Waals surface area contributed by atoms with Gasteiger partial charge in [-0.15, -0.1) is 0 Å². The average molecular weight is 227 g/mol. The zero-order valence-electron chi connectivity index (χ0n) is 9.78. The first-order valence-electron chi connectivity index (χ1n) is 6.00. The van der Waals surface area contributed by atoms with Gasteiger partial charge in [0.25, 0.3) is 0 Å². The van der Waals surface area contributed by atoms with Gasteiger partial charge in [-0.2, -0.15) is 0 Å². The number of hydrogen-bond donors (Lipinski definition) is 3. The summed E-state index contributed by atoms with van der Waals surface area (Å²) in [7, 11) is 0. The van der Waals surface area contributed by atoms with E-state index in [-0.39, 0.29) is 18.6 Å². The van der Waals surface area contributed by atoms with Gasteiger partial charge < -0.3 is 21.1 Å². The number of nitrogens with one attached hydrogen (secondary N) is 1. The summed E-state index contributed by atoms with van der Waals surface area (Å²) < 4.78 is 0. The van der Waals surface area contributed by atoms with Crippen LogP contribution in [0.4, 0.5) is 0 Å². The number of likely N-dealkylation sites (tertiary alicyclic amines) is 1. The summed E-state index contributed by atoms with van der Waals surface area (Å²) in [5.41, 5.74) is 5.80. The van der Waals surface area contributed by atoms with Gasteiger partial charge in [0.1, 0.15) is 6.04 Å². The van der Waals surface area contributed by atoms with E-state index < -0.39 is 6.04 Å². The van der Waals surface area contributed by atoms with E-state index in [1.807, 2.05) is 0 Å². The SMILES string of the molecule is CCN1C[C@H](NC(=O)[C@@H](N)CO)C2(CC2)C1. The van der Waals surface area contributed by atoms with Gasteiger partial charge in [-0.05, 0) is 19.4 Å². The fourth-order valence-electron chi connectivity index (χ4n) is 2.54. The second-order valence-corrected chi connectivity index (χ2v) is 5.04. The fourth-order valence-corrected chi connectivity index (χ4v) is 2.54. The zero-order chi connectivity index (χ0) is 11.8. The van der Waals surface area contributed by atoms with Crippen LogP contribution in [0.1, 0.15) is 19.8 Å². The van der Waals surface area contributed by atoms with Crippen LogP contribution in [-0.2, 0) is 4.79 Å². The Bertz CT molecular complexity index is 278. The molecule has 0 aromatic heterocycles. The molecule has 1 amide bonds. The Balaban J connectivity index is 1.92. The van der Waals surface area contributed by atoms with Gasteiger partial charge in [0.2, 0.25) is 5.91 Å². The molecule has 92 valence electrons. The molecule has 1 spiro atoms. The molecule has 5 heteroatoms. The van der Waals surface area contributed by atoms with Gasteiger partial charge in [0.15, 0.2) is 0 Å². The van der Waals surface area contributed by atoms with Crippen LogP contribution in [0.5, 0.6) is 0 Å². The summed E-state index contributed by atoms with van der Waals surface area (Å²) >= 11 is 0. The number of carbonyl (C=O) groups excluding carboxylic acids is 1. The van der Waals surface area contributed by atoms with Crippen LogP contribution in [0.2, 0.25) is 0 Å². The van der Waals surface area contributed by atoms with Crippen molar-refractivity contribution in [2.75, 3.05) is 26.2 Å².